The first kappa shape index (κ1) is 18.9. The first-order valence-corrected chi connectivity index (χ1v) is 9.54. The number of aryl methyl sites for hydroxylation is 1. The molecule has 2 aromatic carbocycles. The highest BCUT2D eigenvalue weighted by Gasteiger charge is 2.42. The van der Waals surface area contributed by atoms with Crippen molar-refractivity contribution in [2.75, 3.05) is 0 Å². The fraction of sp³-hybridized carbons (Fsp3) is 0.261. The number of nitro benzene ring substituents is 1. The smallest absolute Gasteiger partial charge is 0.269 e. The maximum absolute atomic E-state index is 11.0. The molecular weight excluding hydrogens is 366 g/mol. The minimum Gasteiger partial charge on any atom is -0.466 e. The molecule has 0 saturated carbocycles. The van der Waals surface area contributed by atoms with Gasteiger partial charge in [-0.25, -0.2) is 4.68 Å². The Morgan fingerprint density at radius 3 is 2.48 bits per heavy atom. The van der Waals surface area contributed by atoms with E-state index >= 15 is 0 Å². The van der Waals surface area contributed by atoms with Gasteiger partial charge in [0.05, 0.1) is 16.3 Å². The molecule has 2 heterocycles. The largest absolute Gasteiger partial charge is 0.466 e. The van der Waals surface area contributed by atoms with Gasteiger partial charge in [-0.1, -0.05) is 36.9 Å². The molecule has 6 heteroatoms. The van der Waals surface area contributed by atoms with Crippen LogP contribution in [0.3, 0.4) is 0 Å². The fourth-order valence-corrected chi connectivity index (χ4v) is 3.89. The average molecular weight is 389 g/mol. The number of fused-ring (bicyclic) bond motifs is 1. The van der Waals surface area contributed by atoms with Crippen molar-refractivity contribution in [3.63, 3.8) is 0 Å². The minimum absolute atomic E-state index is 0.0429. The zero-order chi connectivity index (χ0) is 20.8. The van der Waals surface area contributed by atoms with Crippen LogP contribution in [-0.4, -0.2) is 20.3 Å². The van der Waals surface area contributed by atoms with E-state index in [1.54, 1.807) is 16.8 Å². The highest BCUT2D eigenvalue weighted by Crippen LogP contribution is 2.48. The van der Waals surface area contributed by atoms with Gasteiger partial charge in [0.15, 0.2) is 0 Å². The van der Waals surface area contributed by atoms with E-state index in [2.05, 4.69) is 25.6 Å². The van der Waals surface area contributed by atoms with Crippen LogP contribution in [-0.2, 0) is 0 Å². The Balaban J connectivity index is 1.88. The predicted octanol–water partition coefficient (Wildman–Crippen LogP) is 5.34. The van der Waals surface area contributed by atoms with Crippen LogP contribution in [0.25, 0.3) is 5.69 Å². The lowest BCUT2D eigenvalue weighted by Crippen LogP contribution is -2.39. The number of rotatable bonds is 4. The van der Waals surface area contributed by atoms with Crippen LogP contribution < -0.4 is 4.74 Å². The van der Waals surface area contributed by atoms with E-state index in [1.807, 2.05) is 32.0 Å². The first-order valence-electron chi connectivity index (χ1n) is 9.54. The van der Waals surface area contributed by atoms with E-state index in [9.17, 15) is 10.1 Å². The Kier molecular flexibility index (Phi) is 4.49. The van der Waals surface area contributed by atoms with Crippen molar-refractivity contribution < 1.29 is 9.66 Å². The van der Waals surface area contributed by atoms with E-state index in [0.29, 0.717) is 5.88 Å². The Hall–Kier alpha value is -3.41. The summed E-state index contributed by atoms with van der Waals surface area (Å²) in [6.45, 7) is 10.2. The monoisotopic (exact) mass is 389 g/mol. The maximum Gasteiger partial charge on any atom is 0.269 e. The second-order valence-corrected chi connectivity index (χ2v) is 7.77. The molecule has 0 fully saturated rings. The first-order chi connectivity index (χ1) is 13.8. The molecule has 3 aromatic rings. The summed E-state index contributed by atoms with van der Waals surface area (Å²) >= 11 is 0. The molecule has 29 heavy (non-hydrogen) atoms. The molecule has 0 aliphatic carbocycles. The Labute approximate surface area is 169 Å². The van der Waals surface area contributed by atoms with Crippen molar-refractivity contribution in [1.82, 2.24) is 9.78 Å². The van der Waals surface area contributed by atoms with Gasteiger partial charge in [0, 0.05) is 30.0 Å². The number of non-ortho nitro benzene ring substituents is 1. The lowest BCUT2D eigenvalue weighted by atomic mass is 9.77. The Morgan fingerprint density at radius 1 is 1.24 bits per heavy atom. The number of hydrogen-bond donors (Lipinski definition) is 0. The summed E-state index contributed by atoms with van der Waals surface area (Å²) in [6.07, 6.45) is 0.770. The third kappa shape index (κ3) is 3.20. The van der Waals surface area contributed by atoms with Gasteiger partial charge in [0.2, 0.25) is 5.88 Å². The van der Waals surface area contributed by atoms with Gasteiger partial charge in [-0.05, 0) is 44.0 Å². The quantitative estimate of drug-likeness (QED) is 0.343. The maximum atomic E-state index is 11.0. The number of aromatic nitrogens is 2. The van der Waals surface area contributed by atoms with Gasteiger partial charge in [-0.2, -0.15) is 5.10 Å². The topological polar surface area (TPSA) is 70.2 Å². The Morgan fingerprint density at radius 2 is 1.90 bits per heavy atom. The molecule has 1 aliphatic heterocycles. The lowest BCUT2D eigenvalue weighted by molar-refractivity contribution is -0.384. The standard InChI is InChI=1S/C23H23N3O3/c1-15(2)23(4)14-20(17-8-6-5-7-9-17)21-16(3)24-25(22(21)29-23)18-10-12-19(13-11-18)26(27)28/h5-13,20H,1,14H2,2-4H3/t20-,23+/m1/s1. The van der Waals surface area contributed by atoms with Gasteiger partial charge < -0.3 is 4.74 Å². The number of benzene rings is 2. The Bertz CT molecular complexity index is 1090. The van der Waals surface area contributed by atoms with Crippen LogP contribution in [0.5, 0.6) is 5.88 Å². The average Bonchev–Trinajstić information content (AvgIpc) is 3.04. The predicted molar refractivity (Wildman–Crippen MR) is 112 cm³/mol. The third-order valence-electron chi connectivity index (χ3n) is 5.74. The summed E-state index contributed by atoms with van der Waals surface area (Å²) in [6, 6.07) is 16.7. The molecule has 4 rings (SSSR count). The van der Waals surface area contributed by atoms with Crippen molar-refractivity contribution in [2.45, 2.75) is 38.7 Å². The van der Waals surface area contributed by atoms with E-state index in [1.165, 1.54) is 17.7 Å². The second kappa shape index (κ2) is 6.88. The molecule has 0 unspecified atom stereocenters. The van der Waals surface area contributed by atoms with Crippen LogP contribution in [0, 0.1) is 17.0 Å². The zero-order valence-corrected chi connectivity index (χ0v) is 16.8. The third-order valence-corrected chi connectivity index (χ3v) is 5.74. The molecule has 2 atom stereocenters. The second-order valence-electron chi connectivity index (χ2n) is 7.77. The molecule has 1 aromatic heterocycles. The summed E-state index contributed by atoms with van der Waals surface area (Å²) in [4.78, 5) is 10.6. The van der Waals surface area contributed by atoms with Crippen molar-refractivity contribution in [3.05, 3.63) is 93.7 Å². The zero-order valence-electron chi connectivity index (χ0n) is 16.8. The van der Waals surface area contributed by atoms with Gasteiger partial charge in [0.1, 0.15) is 5.60 Å². The van der Waals surface area contributed by atoms with Crippen LogP contribution in [0.1, 0.15) is 43.0 Å². The van der Waals surface area contributed by atoms with Gasteiger partial charge >= 0.3 is 0 Å². The summed E-state index contributed by atoms with van der Waals surface area (Å²) in [5.41, 5.74) is 4.30. The summed E-state index contributed by atoms with van der Waals surface area (Å²) in [5.74, 6) is 0.787. The molecule has 0 bridgehead atoms. The lowest BCUT2D eigenvalue weighted by Gasteiger charge is -2.39. The molecular formula is C23H23N3O3. The number of nitro groups is 1. The van der Waals surface area contributed by atoms with E-state index in [4.69, 9.17) is 9.84 Å². The molecule has 0 amide bonds. The van der Waals surface area contributed by atoms with E-state index in [-0.39, 0.29) is 11.6 Å². The molecule has 0 saturated heterocycles. The van der Waals surface area contributed by atoms with Crippen LogP contribution >= 0.6 is 0 Å². The van der Waals surface area contributed by atoms with Crippen molar-refractivity contribution in [3.8, 4) is 11.6 Å². The van der Waals surface area contributed by atoms with Crippen molar-refractivity contribution >= 4 is 5.69 Å². The fourth-order valence-electron chi connectivity index (χ4n) is 3.89. The van der Waals surface area contributed by atoms with Crippen LogP contribution in [0.2, 0.25) is 0 Å². The normalized spacial score (nSPS) is 20.6. The SMILES string of the molecule is C=C(C)[C@]1(C)C[C@H](c2ccccc2)c2c(C)nn(-c3ccc([N+](=O)[O-])cc3)c2O1. The van der Waals surface area contributed by atoms with Crippen LogP contribution in [0.15, 0.2) is 66.7 Å². The van der Waals surface area contributed by atoms with Gasteiger partial charge in [-0.15, -0.1) is 0 Å². The highest BCUT2D eigenvalue weighted by atomic mass is 16.6. The molecule has 0 N–H and O–H groups in total. The van der Waals surface area contributed by atoms with Crippen molar-refractivity contribution in [1.29, 1.82) is 0 Å². The summed E-state index contributed by atoms with van der Waals surface area (Å²) in [7, 11) is 0. The van der Waals surface area contributed by atoms with Crippen molar-refractivity contribution in [2.24, 2.45) is 0 Å². The number of hydrogen-bond acceptors (Lipinski definition) is 4. The molecule has 1 aliphatic rings. The molecule has 6 nitrogen and oxygen atoms in total. The highest BCUT2D eigenvalue weighted by molar-refractivity contribution is 5.50. The van der Waals surface area contributed by atoms with E-state index < -0.39 is 10.5 Å². The van der Waals surface area contributed by atoms with Crippen LogP contribution in [0.4, 0.5) is 5.69 Å². The number of nitrogens with zero attached hydrogens (tertiary/aromatic N) is 3. The number of ether oxygens (including phenoxy) is 1. The summed E-state index contributed by atoms with van der Waals surface area (Å²) < 4.78 is 8.22. The van der Waals surface area contributed by atoms with Gasteiger partial charge in [0.25, 0.3) is 5.69 Å². The summed E-state index contributed by atoms with van der Waals surface area (Å²) in [5, 5.41) is 15.7. The minimum atomic E-state index is -0.543. The van der Waals surface area contributed by atoms with Gasteiger partial charge in [-0.3, -0.25) is 10.1 Å². The molecule has 0 spiro atoms. The molecule has 0 radical (unpaired) electrons. The molecule has 148 valence electrons. The van der Waals surface area contributed by atoms with E-state index in [0.717, 1.165) is 28.9 Å².